The van der Waals surface area contributed by atoms with Gasteiger partial charge in [0.2, 0.25) is 5.91 Å². The summed E-state index contributed by atoms with van der Waals surface area (Å²) < 4.78 is 20.9. The monoisotopic (exact) mass is 614 g/mol. The van der Waals surface area contributed by atoms with Crippen molar-refractivity contribution in [2.24, 2.45) is 7.05 Å². The number of imidazole rings is 1. The van der Waals surface area contributed by atoms with Gasteiger partial charge in [0, 0.05) is 29.2 Å². The lowest BCUT2D eigenvalue weighted by Crippen LogP contribution is -2.39. The van der Waals surface area contributed by atoms with Crippen LogP contribution in [0.5, 0.6) is 6.01 Å². The van der Waals surface area contributed by atoms with E-state index in [1.807, 2.05) is 14.1 Å². The number of benzene rings is 1. The standard InChI is InChI=1S/C25H25BrFN9O4/c1-34-20(24(35(38)39)33-25(34)40-4)13-36(2,3)9-5-6-22(37)32-21-11-16-19(12-28-21)29-14-30-23(16)31-15-7-8-18(27)17(26)10-15/h5-8,10-12,14H,9,13H2,1-4H3,(H-,28,29,30,31,32,37)/p+1. The van der Waals surface area contributed by atoms with Crippen molar-refractivity contribution in [3.8, 4) is 6.01 Å². The summed E-state index contributed by atoms with van der Waals surface area (Å²) in [5.41, 5.74) is 1.56. The van der Waals surface area contributed by atoms with E-state index in [-0.39, 0.29) is 30.0 Å². The van der Waals surface area contributed by atoms with Gasteiger partial charge in [-0.05, 0) is 51.2 Å². The van der Waals surface area contributed by atoms with Gasteiger partial charge in [0.1, 0.15) is 30.3 Å². The van der Waals surface area contributed by atoms with E-state index in [9.17, 15) is 19.3 Å². The lowest BCUT2D eigenvalue weighted by atomic mass is 10.2. The Labute approximate surface area is 236 Å². The number of likely N-dealkylation sites (N-methyl/N-ethyl adjacent to an activating group) is 1. The zero-order valence-corrected chi connectivity index (χ0v) is 23.6. The molecule has 208 valence electrons. The molecular formula is C25H26BrFN9O4+. The molecule has 13 nitrogen and oxygen atoms in total. The number of carbonyl (C=O) groups excluding carboxylic acids is 1. The van der Waals surface area contributed by atoms with Crippen molar-refractivity contribution in [3.63, 3.8) is 0 Å². The largest absolute Gasteiger partial charge is 0.449 e. The first-order valence-corrected chi connectivity index (χ1v) is 12.6. The average Bonchev–Trinajstić information content (AvgIpc) is 3.21. The van der Waals surface area contributed by atoms with Crippen LogP contribution >= 0.6 is 15.9 Å². The molecule has 0 aliphatic rings. The molecule has 0 radical (unpaired) electrons. The fraction of sp³-hybridized carbons (Fsp3) is 0.240. The number of halogens is 2. The van der Waals surface area contributed by atoms with Crippen molar-refractivity contribution in [2.45, 2.75) is 6.54 Å². The Bertz CT molecular complexity index is 1620. The van der Waals surface area contributed by atoms with Crippen LogP contribution in [0.25, 0.3) is 10.9 Å². The van der Waals surface area contributed by atoms with E-state index in [0.29, 0.717) is 43.6 Å². The topological polar surface area (TPSA) is 150 Å². The van der Waals surface area contributed by atoms with E-state index in [1.165, 1.54) is 31.8 Å². The molecule has 2 N–H and O–H groups in total. The number of nitrogens with one attached hydrogen (secondary N) is 2. The second-order valence-corrected chi connectivity index (χ2v) is 10.3. The number of ether oxygens (including phenoxy) is 1. The summed E-state index contributed by atoms with van der Waals surface area (Å²) in [7, 11) is 6.81. The predicted octanol–water partition coefficient (Wildman–Crippen LogP) is 4.09. The Morgan fingerprint density at radius 1 is 1.27 bits per heavy atom. The molecule has 40 heavy (non-hydrogen) atoms. The van der Waals surface area contributed by atoms with Gasteiger partial charge < -0.3 is 30.0 Å². The number of hydrogen-bond acceptors (Lipinski definition) is 9. The maximum absolute atomic E-state index is 13.6. The average molecular weight is 615 g/mol. The molecule has 0 aliphatic carbocycles. The van der Waals surface area contributed by atoms with Crippen molar-refractivity contribution in [3.05, 3.63) is 75.0 Å². The van der Waals surface area contributed by atoms with E-state index in [1.54, 1.807) is 35.9 Å². The highest BCUT2D eigenvalue weighted by Gasteiger charge is 2.31. The second kappa shape index (κ2) is 11.7. The maximum Gasteiger partial charge on any atom is 0.414 e. The Morgan fingerprint density at radius 3 is 2.75 bits per heavy atom. The van der Waals surface area contributed by atoms with Crippen LogP contribution in [0, 0.1) is 15.9 Å². The minimum atomic E-state index is -0.539. The SMILES string of the molecule is COc1nc([N+](=O)[O-])c(C[N+](C)(C)CC=CC(=O)Nc2cc3c(Nc4ccc(F)c(Br)c4)ncnc3cn2)n1C. The molecule has 1 amide bonds. The van der Waals surface area contributed by atoms with Crippen LogP contribution < -0.4 is 15.4 Å². The molecule has 4 aromatic rings. The second-order valence-electron chi connectivity index (χ2n) is 9.42. The normalized spacial score (nSPS) is 11.7. The van der Waals surface area contributed by atoms with Gasteiger partial charge >= 0.3 is 11.8 Å². The number of nitro groups is 1. The fourth-order valence-corrected chi connectivity index (χ4v) is 4.30. The summed E-state index contributed by atoms with van der Waals surface area (Å²) in [4.78, 5) is 40.2. The third kappa shape index (κ3) is 6.55. The number of methoxy groups -OCH3 is 1. The van der Waals surface area contributed by atoms with Crippen molar-refractivity contribution >= 4 is 55.9 Å². The van der Waals surface area contributed by atoms with Crippen LogP contribution in [0.15, 0.2) is 53.4 Å². The molecule has 0 spiro atoms. The lowest BCUT2D eigenvalue weighted by molar-refractivity contribution is -0.898. The summed E-state index contributed by atoms with van der Waals surface area (Å²) in [6.45, 7) is 0.681. The molecule has 1 aromatic carbocycles. The summed E-state index contributed by atoms with van der Waals surface area (Å²) in [6, 6.07) is 6.27. The first kappa shape index (κ1) is 28.5. The van der Waals surface area contributed by atoms with Crippen molar-refractivity contribution in [1.29, 1.82) is 0 Å². The summed E-state index contributed by atoms with van der Waals surface area (Å²) >= 11 is 3.16. The smallest absolute Gasteiger partial charge is 0.414 e. The molecule has 0 aliphatic heterocycles. The number of anilines is 3. The third-order valence-electron chi connectivity index (χ3n) is 5.91. The van der Waals surface area contributed by atoms with Gasteiger partial charge in [-0.1, -0.05) is 0 Å². The highest BCUT2D eigenvalue weighted by molar-refractivity contribution is 9.10. The van der Waals surface area contributed by atoms with Crippen LogP contribution in [-0.2, 0) is 18.4 Å². The Hall–Kier alpha value is -4.50. The molecule has 15 heteroatoms. The number of aromatic nitrogens is 5. The van der Waals surface area contributed by atoms with Crippen molar-refractivity contribution in [1.82, 2.24) is 24.5 Å². The first-order valence-electron chi connectivity index (χ1n) is 11.8. The van der Waals surface area contributed by atoms with Gasteiger partial charge in [0.15, 0.2) is 5.69 Å². The molecule has 0 bridgehead atoms. The van der Waals surface area contributed by atoms with Crippen molar-refractivity contribution < 1.29 is 23.3 Å². The first-order chi connectivity index (χ1) is 19.0. The van der Waals surface area contributed by atoms with E-state index in [0.717, 1.165) is 0 Å². The van der Waals surface area contributed by atoms with Crippen LogP contribution in [0.2, 0.25) is 0 Å². The van der Waals surface area contributed by atoms with Crippen LogP contribution in [0.1, 0.15) is 5.69 Å². The molecule has 0 unspecified atom stereocenters. The quantitative estimate of drug-likeness (QED) is 0.116. The maximum atomic E-state index is 13.6. The molecule has 0 atom stereocenters. The number of hydrogen-bond donors (Lipinski definition) is 2. The van der Waals surface area contributed by atoms with Gasteiger partial charge in [-0.2, -0.15) is 0 Å². The van der Waals surface area contributed by atoms with Crippen LogP contribution in [-0.4, -0.2) is 67.6 Å². The van der Waals surface area contributed by atoms with Crippen LogP contribution in [0.3, 0.4) is 0 Å². The van der Waals surface area contributed by atoms with Gasteiger partial charge in [0.25, 0.3) is 0 Å². The van der Waals surface area contributed by atoms with E-state index < -0.39 is 10.8 Å². The molecule has 0 saturated heterocycles. The molecule has 3 heterocycles. The van der Waals surface area contributed by atoms with Crippen LogP contribution in [0.4, 0.5) is 27.5 Å². The number of carbonyl (C=O) groups is 1. The number of nitrogens with zero attached hydrogens (tertiary/aromatic N) is 7. The molecule has 0 saturated carbocycles. The summed E-state index contributed by atoms with van der Waals surface area (Å²) in [6.07, 6.45) is 5.94. The van der Waals surface area contributed by atoms with E-state index in [2.05, 4.69) is 46.5 Å². The van der Waals surface area contributed by atoms with Crippen molar-refractivity contribution in [2.75, 3.05) is 38.4 Å². The Morgan fingerprint density at radius 2 is 2.05 bits per heavy atom. The zero-order valence-electron chi connectivity index (χ0n) is 22.1. The van der Waals surface area contributed by atoms with Gasteiger partial charge in [-0.15, -0.1) is 0 Å². The summed E-state index contributed by atoms with van der Waals surface area (Å²) in [5, 5.41) is 17.9. The highest BCUT2D eigenvalue weighted by atomic mass is 79.9. The van der Waals surface area contributed by atoms with Gasteiger partial charge in [-0.25, -0.2) is 19.3 Å². The van der Waals surface area contributed by atoms with Gasteiger partial charge in [0.05, 0.1) is 43.9 Å². The molecular weight excluding hydrogens is 589 g/mol. The number of rotatable bonds is 10. The minimum absolute atomic E-state index is 0.147. The number of amides is 1. The predicted molar refractivity (Wildman–Crippen MR) is 150 cm³/mol. The third-order valence-corrected chi connectivity index (χ3v) is 6.52. The minimum Gasteiger partial charge on any atom is -0.449 e. The number of fused-ring (bicyclic) bond motifs is 1. The fourth-order valence-electron chi connectivity index (χ4n) is 3.92. The van der Waals surface area contributed by atoms with Gasteiger partial charge in [-0.3, -0.25) is 9.36 Å². The van der Waals surface area contributed by atoms with E-state index in [4.69, 9.17) is 4.74 Å². The molecule has 3 aromatic heterocycles. The van der Waals surface area contributed by atoms with E-state index >= 15 is 0 Å². The zero-order chi connectivity index (χ0) is 29.0. The molecule has 0 fully saturated rings. The highest BCUT2D eigenvalue weighted by Crippen LogP contribution is 2.28. The Kier molecular flexibility index (Phi) is 8.35. The molecule has 4 rings (SSSR count). The number of pyridine rings is 1. The lowest BCUT2D eigenvalue weighted by Gasteiger charge is -2.27. The summed E-state index contributed by atoms with van der Waals surface area (Å²) in [5.74, 6) is -0.321. The Balaban J connectivity index is 1.44. The number of quaternary nitrogens is 1.